The third kappa shape index (κ3) is 7.20. The molecule has 0 aliphatic carbocycles. The van der Waals surface area contributed by atoms with Crippen molar-refractivity contribution in [2.45, 2.75) is 37.8 Å². The molecule has 0 heterocycles. The highest BCUT2D eigenvalue weighted by molar-refractivity contribution is 6.31. The van der Waals surface area contributed by atoms with E-state index in [4.69, 9.17) is 11.6 Å². The van der Waals surface area contributed by atoms with Crippen molar-refractivity contribution in [3.63, 3.8) is 0 Å². The second-order valence-corrected chi connectivity index (χ2v) is 8.25. The Bertz CT molecular complexity index is 911. The lowest BCUT2D eigenvalue weighted by molar-refractivity contribution is -0.123. The standard InChI is InChI=1S/C27H31ClN2O2/c28-25-16-8-7-14-23(25)20-30-27(32)26(17-19-31)29-18-9-15-24(21-10-3-1-4-11-21)22-12-5-2-6-13-22/h1-8,10-14,16,24,26,29,31H,9,15,17-20H2,(H,30,32). The molecule has 3 rings (SSSR count). The minimum absolute atomic E-state index is 0.0478. The van der Waals surface area contributed by atoms with Crippen molar-refractivity contribution in [3.8, 4) is 0 Å². The maximum Gasteiger partial charge on any atom is 0.237 e. The molecular weight excluding hydrogens is 420 g/mol. The Morgan fingerprint density at radius 1 is 0.844 bits per heavy atom. The van der Waals surface area contributed by atoms with E-state index in [1.165, 1.54) is 11.1 Å². The summed E-state index contributed by atoms with van der Waals surface area (Å²) in [4.78, 5) is 12.7. The van der Waals surface area contributed by atoms with E-state index in [9.17, 15) is 9.90 Å². The second-order valence-electron chi connectivity index (χ2n) is 7.84. The van der Waals surface area contributed by atoms with E-state index in [0.29, 0.717) is 30.5 Å². The van der Waals surface area contributed by atoms with Gasteiger partial charge in [0, 0.05) is 24.1 Å². The van der Waals surface area contributed by atoms with E-state index in [1.54, 1.807) is 0 Å². The van der Waals surface area contributed by atoms with E-state index < -0.39 is 6.04 Å². The molecule has 0 radical (unpaired) electrons. The van der Waals surface area contributed by atoms with Crippen molar-refractivity contribution < 1.29 is 9.90 Å². The van der Waals surface area contributed by atoms with Gasteiger partial charge >= 0.3 is 0 Å². The molecule has 5 heteroatoms. The lowest BCUT2D eigenvalue weighted by Crippen LogP contribution is -2.44. The predicted molar refractivity (Wildman–Crippen MR) is 131 cm³/mol. The average molecular weight is 451 g/mol. The van der Waals surface area contributed by atoms with Crippen molar-refractivity contribution >= 4 is 17.5 Å². The smallest absolute Gasteiger partial charge is 0.237 e. The number of halogens is 1. The first-order chi connectivity index (χ1) is 15.7. The molecule has 0 saturated heterocycles. The van der Waals surface area contributed by atoms with Gasteiger partial charge in [0.1, 0.15) is 0 Å². The normalized spacial score (nSPS) is 12.0. The van der Waals surface area contributed by atoms with Crippen LogP contribution in [0.3, 0.4) is 0 Å². The molecule has 1 unspecified atom stereocenters. The van der Waals surface area contributed by atoms with Gasteiger partial charge in [0.25, 0.3) is 0 Å². The summed E-state index contributed by atoms with van der Waals surface area (Å²) in [7, 11) is 0. The first-order valence-corrected chi connectivity index (χ1v) is 11.5. The van der Waals surface area contributed by atoms with E-state index in [1.807, 2.05) is 36.4 Å². The van der Waals surface area contributed by atoms with Crippen molar-refractivity contribution in [3.05, 3.63) is 107 Å². The first-order valence-electron chi connectivity index (χ1n) is 11.1. The Labute approximate surface area is 195 Å². The van der Waals surface area contributed by atoms with E-state index >= 15 is 0 Å². The molecule has 1 atom stereocenters. The van der Waals surface area contributed by atoms with Gasteiger partial charge in [0.2, 0.25) is 5.91 Å². The molecule has 0 aromatic heterocycles. The number of aliphatic hydroxyl groups excluding tert-OH is 1. The summed E-state index contributed by atoms with van der Waals surface area (Å²) >= 11 is 6.17. The van der Waals surface area contributed by atoms with Gasteiger partial charge in [-0.3, -0.25) is 4.79 Å². The molecule has 0 spiro atoms. The van der Waals surface area contributed by atoms with Crippen molar-refractivity contribution in [2.75, 3.05) is 13.2 Å². The van der Waals surface area contributed by atoms with Crippen molar-refractivity contribution in [2.24, 2.45) is 0 Å². The fraction of sp³-hybridized carbons (Fsp3) is 0.296. The Hall–Kier alpha value is -2.66. The molecule has 3 aromatic carbocycles. The number of hydrogen-bond acceptors (Lipinski definition) is 3. The van der Waals surface area contributed by atoms with E-state index in [2.05, 4.69) is 59.2 Å². The predicted octanol–water partition coefficient (Wildman–Crippen LogP) is 4.91. The van der Waals surface area contributed by atoms with Gasteiger partial charge in [-0.05, 0) is 48.6 Å². The molecule has 0 fully saturated rings. The van der Waals surface area contributed by atoms with Gasteiger partial charge in [-0.2, -0.15) is 0 Å². The minimum Gasteiger partial charge on any atom is -0.396 e. The second kappa shape index (κ2) is 13.0. The topological polar surface area (TPSA) is 61.4 Å². The van der Waals surface area contributed by atoms with Crippen LogP contribution < -0.4 is 10.6 Å². The summed E-state index contributed by atoms with van der Waals surface area (Å²) in [5, 5.41) is 16.3. The molecule has 168 valence electrons. The fourth-order valence-corrected chi connectivity index (χ4v) is 4.08. The number of hydrogen-bond donors (Lipinski definition) is 3. The summed E-state index contributed by atoms with van der Waals surface area (Å²) in [6.45, 7) is 1.01. The molecule has 0 aliphatic rings. The lowest BCUT2D eigenvalue weighted by atomic mass is 9.87. The van der Waals surface area contributed by atoms with Crippen LogP contribution in [0.1, 0.15) is 41.9 Å². The average Bonchev–Trinajstić information content (AvgIpc) is 2.84. The summed E-state index contributed by atoms with van der Waals surface area (Å²) in [5.74, 6) is 0.186. The van der Waals surface area contributed by atoms with Crippen molar-refractivity contribution in [1.82, 2.24) is 10.6 Å². The Morgan fingerprint density at radius 3 is 2.03 bits per heavy atom. The summed E-state index contributed by atoms with van der Waals surface area (Å²) < 4.78 is 0. The third-order valence-electron chi connectivity index (χ3n) is 5.61. The maximum absolute atomic E-state index is 12.7. The number of amides is 1. The van der Waals surface area contributed by atoms with Crippen LogP contribution in [0.5, 0.6) is 0 Å². The number of benzene rings is 3. The van der Waals surface area contributed by atoms with Crippen LogP contribution in [-0.2, 0) is 11.3 Å². The molecule has 32 heavy (non-hydrogen) atoms. The third-order valence-corrected chi connectivity index (χ3v) is 5.98. The number of rotatable bonds is 12. The van der Waals surface area contributed by atoms with Crippen LogP contribution in [-0.4, -0.2) is 30.2 Å². The van der Waals surface area contributed by atoms with Crippen LogP contribution >= 0.6 is 11.6 Å². The number of aliphatic hydroxyl groups is 1. The molecular formula is C27H31ClN2O2. The Morgan fingerprint density at radius 2 is 1.44 bits per heavy atom. The van der Waals surface area contributed by atoms with Gasteiger partial charge in [-0.1, -0.05) is 90.5 Å². The van der Waals surface area contributed by atoms with Crippen LogP contribution in [0.15, 0.2) is 84.9 Å². The summed E-state index contributed by atoms with van der Waals surface area (Å²) in [5.41, 5.74) is 3.46. The number of carbonyl (C=O) groups is 1. The lowest BCUT2D eigenvalue weighted by Gasteiger charge is -2.20. The Kier molecular flexibility index (Phi) is 9.76. The first kappa shape index (κ1) is 24.0. The fourth-order valence-electron chi connectivity index (χ4n) is 3.88. The molecule has 1 amide bonds. The zero-order valence-electron chi connectivity index (χ0n) is 18.2. The van der Waals surface area contributed by atoms with Crippen LogP contribution in [0.25, 0.3) is 0 Å². The number of carbonyl (C=O) groups excluding carboxylic acids is 1. The molecule has 0 aliphatic heterocycles. The largest absolute Gasteiger partial charge is 0.396 e. The molecule has 3 aromatic rings. The molecule has 0 bridgehead atoms. The highest BCUT2D eigenvalue weighted by atomic mass is 35.5. The molecule has 3 N–H and O–H groups in total. The SMILES string of the molecule is O=C(NCc1ccccc1Cl)C(CCO)NCCCC(c1ccccc1)c1ccccc1. The monoisotopic (exact) mass is 450 g/mol. The van der Waals surface area contributed by atoms with Crippen LogP contribution in [0.2, 0.25) is 5.02 Å². The van der Waals surface area contributed by atoms with Crippen molar-refractivity contribution in [1.29, 1.82) is 0 Å². The van der Waals surface area contributed by atoms with Gasteiger partial charge in [-0.25, -0.2) is 0 Å². The van der Waals surface area contributed by atoms with Gasteiger partial charge < -0.3 is 15.7 Å². The Balaban J connectivity index is 1.53. The molecule has 0 saturated carbocycles. The number of nitrogens with one attached hydrogen (secondary N) is 2. The summed E-state index contributed by atoms with van der Waals surface area (Å²) in [6, 6.07) is 28.1. The summed E-state index contributed by atoms with van der Waals surface area (Å²) in [6.07, 6.45) is 2.25. The van der Waals surface area contributed by atoms with Crippen LogP contribution in [0.4, 0.5) is 0 Å². The van der Waals surface area contributed by atoms with Gasteiger partial charge in [-0.15, -0.1) is 0 Å². The quantitative estimate of drug-likeness (QED) is 0.343. The van der Waals surface area contributed by atoms with E-state index in [0.717, 1.165) is 18.4 Å². The minimum atomic E-state index is -0.436. The zero-order valence-corrected chi connectivity index (χ0v) is 19.0. The van der Waals surface area contributed by atoms with Crippen LogP contribution in [0, 0.1) is 0 Å². The maximum atomic E-state index is 12.7. The zero-order chi connectivity index (χ0) is 22.6. The van der Waals surface area contributed by atoms with Gasteiger partial charge in [0.15, 0.2) is 0 Å². The van der Waals surface area contributed by atoms with Gasteiger partial charge in [0.05, 0.1) is 6.04 Å². The molecule has 4 nitrogen and oxygen atoms in total. The van der Waals surface area contributed by atoms with E-state index in [-0.39, 0.29) is 12.5 Å². The highest BCUT2D eigenvalue weighted by Crippen LogP contribution is 2.28. The highest BCUT2D eigenvalue weighted by Gasteiger charge is 2.18.